The molecule has 1 aliphatic rings. The molecule has 0 aromatic carbocycles. The monoisotopic (exact) mass is 114 g/mol. The molecule has 0 bridgehead atoms. The van der Waals surface area contributed by atoms with Crippen molar-refractivity contribution >= 4 is 0 Å². The lowest BCUT2D eigenvalue weighted by Gasteiger charge is -1.99. The molecule has 1 saturated heterocycles. The fourth-order valence-electron chi connectivity index (χ4n) is 1.07. The summed E-state index contributed by atoms with van der Waals surface area (Å²) in [6.45, 7) is 4.45. The third-order valence-electron chi connectivity index (χ3n) is 2.47. The van der Waals surface area contributed by atoms with E-state index in [-0.39, 0.29) is 0 Å². The lowest BCUT2D eigenvalue weighted by atomic mass is 10.2. The summed E-state index contributed by atoms with van der Waals surface area (Å²) in [4.78, 5) is 0. The summed E-state index contributed by atoms with van der Waals surface area (Å²) >= 11 is 0. The van der Waals surface area contributed by atoms with Gasteiger partial charge in [0.25, 0.3) is 0 Å². The molecule has 2 atom stereocenters. The van der Waals surface area contributed by atoms with Crippen molar-refractivity contribution in [3.8, 4) is 0 Å². The van der Waals surface area contributed by atoms with Gasteiger partial charge in [-0.3, -0.25) is 0 Å². The molecular formula is C6H14N2. The summed E-state index contributed by atoms with van der Waals surface area (Å²) in [5, 5.41) is 4.49. The van der Waals surface area contributed by atoms with E-state index in [9.17, 15) is 0 Å². The zero-order valence-corrected chi connectivity index (χ0v) is 6.10. The summed E-state index contributed by atoms with van der Waals surface area (Å²) < 4.78 is 0. The molecule has 0 aromatic heterocycles. The third-order valence-corrected chi connectivity index (χ3v) is 2.47. The van der Waals surface area contributed by atoms with Crippen molar-refractivity contribution in [1.82, 2.24) is 10.0 Å². The van der Waals surface area contributed by atoms with E-state index in [1.807, 2.05) is 0 Å². The Balaban J connectivity index is 2.50. The summed E-state index contributed by atoms with van der Waals surface area (Å²) in [6.07, 6.45) is 1.21. The van der Waals surface area contributed by atoms with Gasteiger partial charge in [-0.1, -0.05) is 6.92 Å². The second kappa shape index (κ2) is 1.45. The van der Waals surface area contributed by atoms with Crippen LogP contribution in [0.25, 0.3) is 0 Å². The van der Waals surface area contributed by atoms with Crippen molar-refractivity contribution in [2.24, 2.45) is 0 Å². The molecule has 2 unspecified atom stereocenters. The molecule has 0 aromatic rings. The van der Waals surface area contributed by atoms with E-state index in [1.54, 1.807) is 0 Å². The van der Waals surface area contributed by atoms with Crippen LogP contribution in [-0.4, -0.2) is 29.8 Å². The summed E-state index contributed by atoms with van der Waals surface area (Å²) in [5.41, 5.74) is 0.375. The molecule has 0 spiro atoms. The van der Waals surface area contributed by atoms with Gasteiger partial charge in [0, 0.05) is 14.1 Å². The van der Waals surface area contributed by atoms with Gasteiger partial charge in [-0.2, -0.15) is 0 Å². The molecule has 48 valence electrons. The molecule has 1 heterocycles. The van der Waals surface area contributed by atoms with Gasteiger partial charge in [0.2, 0.25) is 0 Å². The lowest BCUT2D eigenvalue weighted by Crippen LogP contribution is -2.10. The van der Waals surface area contributed by atoms with Crippen LogP contribution in [0.5, 0.6) is 0 Å². The third kappa shape index (κ3) is 0.501. The number of hydrazine groups is 1. The van der Waals surface area contributed by atoms with E-state index < -0.39 is 0 Å². The Hall–Kier alpha value is -0.0800. The largest absolute Gasteiger partial charge is 0.222 e. The van der Waals surface area contributed by atoms with Crippen LogP contribution in [0.1, 0.15) is 20.3 Å². The first-order valence-corrected chi connectivity index (χ1v) is 3.10. The van der Waals surface area contributed by atoms with E-state index in [1.165, 1.54) is 6.42 Å². The minimum Gasteiger partial charge on any atom is -0.222 e. The second-order valence-electron chi connectivity index (χ2n) is 2.62. The van der Waals surface area contributed by atoms with Gasteiger partial charge in [0.1, 0.15) is 0 Å². The Morgan fingerprint density at radius 3 is 1.62 bits per heavy atom. The van der Waals surface area contributed by atoms with Crippen LogP contribution in [0.15, 0.2) is 0 Å². The Morgan fingerprint density at radius 1 is 1.25 bits per heavy atom. The molecule has 0 aliphatic carbocycles. The average Bonchev–Trinajstić information content (AvgIpc) is 2.22. The minimum atomic E-state index is 0.375. The highest BCUT2D eigenvalue weighted by molar-refractivity contribution is 4.91. The zero-order valence-electron chi connectivity index (χ0n) is 6.10. The lowest BCUT2D eigenvalue weighted by molar-refractivity contribution is 0.412. The number of hydrogen-bond acceptors (Lipinski definition) is 2. The van der Waals surface area contributed by atoms with E-state index in [0.717, 1.165) is 0 Å². The molecule has 1 fully saturated rings. The van der Waals surface area contributed by atoms with E-state index in [4.69, 9.17) is 0 Å². The van der Waals surface area contributed by atoms with Gasteiger partial charge < -0.3 is 0 Å². The first kappa shape index (κ1) is 6.05. The van der Waals surface area contributed by atoms with Crippen LogP contribution in [-0.2, 0) is 0 Å². The van der Waals surface area contributed by atoms with Crippen LogP contribution in [0.3, 0.4) is 0 Å². The molecule has 0 N–H and O–H groups in total. The fourth-order valence-corrected chi connectivity index (χ4v) is 1.07. The van der Waals surface area contributed by atoms with Crippen molar-refractivity contribution in [2.45, 2.75) is 25.9 Å². The Kier molecular flexibility index (Phi) is 1.10. The normalized spacial score (nSPS) is 54.0. The number of hydrogen-bond donors (Lipinski definition) is 0. The molecule has 1 aliphatic heterocycles. The molecule has 0 amide bonds. The van der Waals surface area contributed by atoms with Crippen molar-refractivity contribution in [1.29, 1.82) is 0 Å². The number of nitrogens with zero attached hydrogens (tertiary/aromatic N) is 2. The van der Waals surface area contributed by atoms with Gasteiger partial charge in [-0.25, -0.2) is 10.0 Å². The molecule has 2 heteroatoms. The first-order valence-electron chi connectivity index (χ1n) is 3.10. The predicted octanol–water partition coefficient (Wildman–Crippen LogP) is 0.905. The standard InChI is InChI=1S/C6H14N2/c1-5-6(2)7(3)8(6)4/h5H2,1-4H3. The first-order chi connectivity index (χ1) is 3.63. The van der Waals surface area contributed by atoms with Gasteiger partial charge >= 0.3 is 0 Å². The van der Waals surface area contributed by atoms with Crippen molar-refractivity contribution in [3.63, 3.8) is 0 Å². The minimum absolute atomic E-state index is 0.375. The van der Waals surface area contributed by atoms with E-state index in [0.29, 0.717) is 5.66 Å². The second-order valence-corrected chi connectivity index (χ2v) is 2.62. The van der Waals surface area contributed by atoms with Crippen LogP contribution in [0, 0.1) is 0 Å². The van der Waals surface area contributed by atoms with Crippen LogP contribution >= 0.6 is 0 Å². The summed E-state index contributed by atoms with van der Waals surface area (Å²) in [7, 11) is 4.23. The summed E-state index contributed by atoms with van der Waals surface area (Å²) in [6, 6.07) is 0. The maximum absolute atomic E-state index is 2.24. The van der Waals surface area contributed by atoms with Crippen LogP contribution in [0.2, 0.25) is 0 Å². The zero-order chi connectivity index (χ0) is 6.36. The summed E-state index contributed by atoms with van der Waals surface area (Å²) in [5.74, 6) is 0. The van der Waals surface area contributed by atoms with Gasteiger partial charge in [0.05, 0.1) is 5.66 Å². The highest BCUT2D eigenvalue weighted by Gasteiger charge is 2.49. The highest BCUT2D eigenvalue weighted by atomic mass is 15.9. The SMILES string of the molecule is CCC1(C)N(C)N1C. The Morgan fingerprint density at radius 2 is 1.62 bits per heavy atom. The van der Waals surface area contributed by atoms with Crippen LogP contribution in [0.4, 0.5) is 0 Å². The van der Waals surface area contributed by atoms with Gasteiger partial charge in [0.15, 0.2) is 0 Å². The van der Waals surface area contributed by atoms with E-state index >= 15 is 0 Å². The molecule has 1 rings (SSSR count). The van der Waals surface area contributed by atoms with Crippen molar-refractivity contribution in [3.05, 3.63) is 0 Å². The molecule has 2 nitrogen and oxygen atoms in total. The maximum Gasteiger partial charge on any atom is 0.0967 e. The van der Waals surface area contributed by atoms with Gasteiger partial charge in [-0.15, -0.1) is 0 Å². The van der Waals surface area contributed by atoms with Crippen LogP contribution < -0.4 is 0 Å². The van der Waals surface area contributed by atoms with E-state index in [2.05, 4.69) is 38.0 Å². The maximum atomic E-state index is 2.24. The number of rotatable bonds is 1. The molecular weight excluding hydrogens is 100 g/mol. The predicted molar refractivity (Wildman–Crippen MR) is 34.2 cm³/mol. The van der Waals surface area contributed by atoms with Gasteiger partial charge in [-0.05, 0) is 13.3 Å². The highest BCUT2D eigenvalue weighted by Crippen LogP contribution is 2.36. The Labute approximate surface area is 51.0 Å². The van der Waals surface area contributed by atoms with Crippen molar-refractivity contribution in [2.75, 3.05) is 14.1 Å². The quantitative estimate of drug-likeness (QED) is 0.467. The smallest absolute Gasteiger partial charge is 0.0967 e. The Bertz CT molecular complexity index is 92.7. The molecule has 0 radical (unpaired) electrons. The average molecular weight is 114 g/mol. The molecule has 0 saturated carbocycles. The topological polar surface area (TPSA) is 6.02 Å². The fraction of sp³-hybridized carbons (Fsp3) is 1.00. The van der Waals surface area contributed by atoms with Crippen molar-refractivity contribution < 1.29 is 0 Å². The molecule has 8 heavy (non-hydrogen) atoms.